The lowest BCUT2D eigenvalue weighted by atomic mass is 10.1. The fraction of sp³-hybridized carbons (Fsp3) is 0.600. The molecule has 2 unspecified atom stereocenters. The summed E-state index contributed by atoms with van der Waals surface area (Å²) >= 11 is 0. The summed E-state index contributed by atoms with van der Waals surface area (Å²) in [7, 11) is -3.43. The third-order valence-electron chi connectivity index (χ3n) is 4.14. The third-order valence-corrected chi connectivity index (χ3v) is 5.71. The SMILES string of the molecule is Cc1ccc(CN)cc1S(=O)(=O)NCC1CCC(C)C1. The lowest BCUT2D eigenvalue weighted by molar-refractivity contribution is 0.498. The molecule has 1 fully saturated rings. The fourth-order valence-corrected chi connectivity index (χ4v) is 4.29. The van der Waals surface area contributed by atoms with Gasteiger partial charge in [-0.1, -0.05) is 25.5 Å². The van der Waals surface area contributed by atoms with Gasteiger partial charge in [0.2, 0.25) is 10.0 Å². The highest BCUT2D eigenvalue weighted by Crippen LogP contribution is 2.30. The lowest BCUT2D eigenvalue weighted by Crippen LogP contribution is -2.29. The zero-order chi connectivity index (χ0) is 14.8. The topological polar surface area (TPSA) is 72.2 Å². The summed E-state index contributed by atoms with van der Waals surface area (Å²) in [4.78, 5) is 0.353. The van der Waals surface area contributed by atoms with E-state index in [9.17, 15) is 8.42 Å². The first kappa shape index (κ1) is 15.5. The molecule has 0 radical (unpaired) electrons. The van der Waals surface area contributed by atoms with Crippen molar-refractivity contribution in [3.63, 3.8) is 0 Å². The van der Waals surface area contributed by atoms with E-state index in [1.165, 1.54) is 6.42 Å². The van der Waals surface area contributed by atoms with Crippen LogP contribution < -0.4 is 10.5 Å². The van der Waals surface area contributed by atoms with Crippen LogP contribution in [-0.2, 0) is 16.6 Å². The van der Waals surface area contributed by atoms with Crippen molar-refractivity contribution in [2.24, 2.45) is 17.6 Å². The molecule has 20 heavy (non-hydrogen) atoms. The van der Waals surface area contributed by atoms with Crippen molar-refractivity contribution in [1.82, 2.24) is 4.72 Å². The normalized spacial score (nSPS) is 23.1. The summed E-state index contributed by atoms with van der Waals surface area (Å²) < 4.78 is 27.6. The van der Waals surface area contributed by atoms with Crippen molar-refractivity contribution >= 4 is 10.0 Å². The zero-order valence-electron chi connectivity index (χ0n) is 12.2. The van der Waals surface area contributed by atoms with E-state index in [0.29, 0.717) is 29.8 Å². The molecule has 1 saturated carbocycles. The number of hydrogen-bond acceptors (Lipinski definition) is 3. The van der Waals surface area contributed by atoms with Crippen LogP contribution >= 0.6 is 0 Å². The molecule has 4 nitrogen and oxygen atoms in total. The highest BCUT2D eigenvalue weighted by Gasteiger charge is 2.24. The maximum absolute atomic E-state index is 12.4. The number of nitrogens with two attached hydrogens (primary N) is 1. The molecule has 2 rings (SSSR count). The van der Waals surface area contributed by atoms with Gasteiger partial charge in [-0.15, -0.1) is 0 Å². The van der Waals surface area contributed by atoms with Crippen LogP contribution in [0.15, 0.2) is 23.1 Å². The minimum atomic E-state index is -3.43. The van der Waals surface area contributed by atoms with E-state index >= 15 is 0 Å². The van der Waals surface area contributed by atoms with Gasteiger partial charge in [0.15, 0.2) is 0 Å². The number of sulfonamides is 1. The second kappa shape index (κ2) is 6.24. The molecule has 0 amide bonds. The van der Waals surface area contributed by atoms with Gasteiger partial charge in [-0.05, 0) is 48.8 Å². The van der Waals surface area contributed by atoms with Gasteiger partial charge in [-0.2, -0.15) is 0 Å². The quantitative estimate of drug-likeness (QED) is 0.874. The Balaban J connectivity index is 2.10. The number of hydrogen-bond donors (Lipinski definition) is 2. The zero-order valence-corrected chi connectivity index (χ0v) is 13.0. The van der Waals surface area contributed by atoms with Crippen LogP contribution in [0.2, 0.25) is 0 Å². The molecule has 1 aromatic rings. The largest absolute Gasteiger partial charge is 0.326 e. The van der Waals surface area contributed by atoms with Gasteiger partial charge in [0.05, 0.1) is 4.90 Å². The van der Waals surface area contributed by atoms with Gasteiger partial charge in [0.25, 0.3) is 0 Å². The van der Waals surface area contributed by atoms with Crippen LogP contribution in [0.25, 0.3) is 0 Å². The molecular weight excluding hydrogens is 272 g/mol. The Morgan fingerprint density at radius 3 is 2.70 bits per heavy atom. The van der Waals surface area contributed by atoms with Crippen LogP contribution in [0.1, 0.15) is 37.3 Å². The second-order valence-corrected chi connectivity index (χ2v) is 7.68. The molecule has 1 aliphatic carbocycles. The standard InChI is InChI=1S/C15H24N2O2S/c1-11-3-5-14(7-11)10-17-20(18,19)15-8-13(9-16)6-4-12(15)2/h4,6,8,11,14,17H,3,5,7,9-10,16H2,1-2H3. The Morgan fingerprint density at radius 2 is 2.10 bits per heavy atom. The molecule has 0 heterocycles. The van der Waals surface area contributed by atoms with Crippen molar-refractivity contribution in [2.45, 2.75) is 44.6 Å². The van der Waals surface area contributed by atoms with E-state index in [2.05, 4.69) is 11.6 Å². The van der Waals surface area contributed by atoms with Crippen molar-refractivity contribution in [2.75, 3.05) is 6.54 Å². The van der Waals surface area contributed by atoms with E-state index in [0.717, 1.165) is 24.0 Å². The second-order valence-electron chi connectivity index (χ2n) is 5.94. The first-order valence-corrected chi connectivity index (χ1v) is 8.70. The van der Waals surface area contributed by atoms with Gasteiger partial charge in [0.1, 0.15) is 0 Å². The van der Waals surface area contributed by atoms with E-state index < -0.39 is 10.0 Å². The first-order valence-electron chi connectivity index (χ1n) is 7.21. The minimum Gasteiger partial charge on any atom is -0.326 e. The van der Waals surface area contributed by atoms with Gasteiger partial charge in [0, 0.05) is 13.1 Å². The number of rotatable bonds is 5. The molecule has 5 heteroatoms. The first-order chi connectivity index (χ1) is 9.42. The summed E-state index contributed by atoms with van der Waals surface area (Å²) in [6.45, 7) is 4.93. The molecule has 0 aliphatic heterocycles. The predicted molar refractivity (Wildman–Crippen MR) is 80.8 cm³/mol. The van der Waals surface area contributed by atoms with E-state index in [1.54, 1.807) is 6.07 Å². The van der Waals surface area contributed by atoms with Gasteiger partial charge in [-0.25, -0.2) is 13.1 Å². The summed E-state index contributed by atoms with van der Waals surface area (Å²) in [5.74, 6) is 1.18. The van der Waals surface area contributed by atoms with Crippen LogP contribution in [0.5, 0.6) is 0 Å². The molecule has 1 aliphatic rings. The van der Waals surface area contributed by atoms with Crippen molar-refractivity contribution in [3.8, 4) is 0 Å². The fourth-order valence-electron chi connectivity index (χ4n) is 2.88. The van der Waals surface area contributed by atoms with Gasteiger partial charge in [-0.3, -0.25) is 0 Å². The molecule has 2 atom stereocenters. The monoisotopic (exact) mass is 296 g/mol. The Kier molecular flexibility index (Phi) is 4.83. The Morgan fingerprint density at radius 1 is 1.35 bits per heavy atom. The summed E-state index contributed by atoms with van der Waals surface area (Å²) in [6.07, 6.45) is 3.43. The smallest absolute Gasteiger partial charge is 0.240 e. The van der Waals surface area contributed by atoms with Crippen molar-refractivity contribution in [1.29, 1.82) is 0 Å². The van der Waals surface area contributed by atoms with Crippen molar-refractivity contribution < 1.29 is 8.42 Å². The molecule has 0 saturated heterocycles. The average molecular weight is 296 g/mol. The number of aryl methyl sites for hydroxylation is 1. The predicted octanol–water partition coefficient (Wildman–Crippen LogP) is 2.17. The van der Waals surface area contributed by atoms with Gasteiger partial charge >= 0.3 is 0 Å². The Bertz CT molecular complexity index is 569. The number of benzene rings is 1. The van der Waals surface area contributed by atoms with E-state index in [4.69, 9.17) is 5.73 Å². The minimum absolute atomic E-state index is 0.350. The molecule has 1 aromatic carbocycles. The van der Waals surface area contributed by atoms with Crippen LogP contribution in [0.4, 0.5) is 0 Å². The molecule has 0 spiro atoms. The Labute approximate surface area is 121 Å². The molecule has 0 bridgehead atoms. The molecule has 3 N–H and O–H groups in total. The van der Waals surface area contributed by atoms with Crippen LogP contribution in [0.3, 0.4) is 0 Å². The highest BCUT2D eigenvalue weighted by atomic mass is 32.2. The maximum atomic E-state index is 12.4. The molecule has 112 valence electrons. The summed E-state index contributed by atoms with van der Waals surface area (Å²) in [6, 6.07) is 5.36. The lowest BCUT2D eigenvalue weighted by Gasteiger charge is -2.14. The Hall–Kier alpha value is -0.910. The summed E-state index contributed by atoms with van der Waals surface area (Å²) in [5.41, 5.74) is 7.18. The van der Waals surface area contributed by atoms with Crippen molar-refractivity contribution in [3.05, 3.63) is 29.3 Å². The van der Waals surface area contributed by atoms with Gasteiger partial charge < -0.3 is 5.73 Å². The molecule has 0 aromatic heterocycles. The molecular formula is C15H24N2O2S. The third kappa shape index (κ3) is 3.59. The average Bonchev–Trinajstić information content (AvgIpc) is 2.83. The van der Waals surface area contributed by atoms with Crippen LogP contribution in [0, 0.1) is 18.8 Å². The summed E-state index contributed by atoms with van der Waals surface area (Å²) in [5, 5.41) is 0. The number of nitrogens with one attached hydrogen (secondary N) is 1. The maximum Gasteiger partial charge on any atom is 0.240 e. The van der Waals surface area contributed by atoms with E-state index in [-0.39, 0.29) is 0 Å². The highest BCUT2D eigenvalue weighted by molar-refractivity contribution is 7.89. The van der Waals surface area contributed by atoms with Crippen LogP contribution in [-0.4, -0.2) is 15.0 Å². The van der Waals surface area contributed by atoms with E-state index in [1.807, 2.05) is 19.1 Å².